The van der Waals surface area contributed by atoms with Gasteiger partial charge in [-0.15, -0.1) is 0 Å². The van der Waals surface area contributed by atoms with Gasteiger partial charge in [0.25, 0.3) is 0 Å². The van der Waals surface area contributed by atoms with Gasteiger partial charge in [-0.25, -0.2) is 9.97 Å². The first-order chi connectivity index (χ1) is 13.0. The Morgan fingerprint density at radius 3 is 2.56 bits per heavy atom. The van der Waals surface area contributed by atoms with Crippen LogP contribution in [-0.4, -0.2) is 33.1 Å². The summed E-state index contributed by atoms with van der Waals surface area (Å²) in [5, 5.41) is 0.593. The van der Waals surface area contributed by atoms with Crippen molar-refractivity contribution in [1.29, 1.82) is 0 Å². The van der Waals surface area contributed by atoms with E-state index in [1.54, 1.807) is 13.2 Å². The van der Waals surface area contributed by atoms with Crippen LogP contribution in [0.3, 0.4) is 0 Å². The Morgan fingerprint density at radius 2 is 1.81 bits per heavy atom. The van der Waals surface area contributed by atoms with Gasteiger partial charge in [-0.2, -0.15) is 4.98 Å². The number of benzene rings is 1. The molecule has 0 amide bonds. The fourth-order valence-electron chi connectivity index (χ4n) is 3.30. The molecule has 0 fully saturated rings. The third-order valence-corrected chi connectivity index (χ3v) is 4.75. The van der Waals surface area contributed by atoms with Gasteiger partial charge in [-0.05, 0) is 45.0 Å². The predicted molar refractivity (Wildman–Crippen MR) is 106 cm³/mol. The second kappa shape index (κ2) is 6.70. The van der Waals surface area contributed by atoms with Crippen molar-refractivity contribution >= 4 is 28.3 Å². The van der Waals surface area contributed by atoms with Crippen LogP contribution in [-0.2, 0) is 0 Å². The third-order valence-electron chi connectivity index (χ3n) is 4.42. The van der Waals surface area contributed by atoms with Crippen LogP contribution >= 0.6 is 11.6 Å². The number of rotatable bonds is 4. The van der Waals surface area contributed by atoms with Crippen LogP contribution in [0.5, 0.6) is 11.6 Å². The molecular formula is C20H19ClN4O2. The third kappa shape index (κ3) is 2.86. The highest BCUT2D eigenvalue weighted by atomic mass is 35.5. The summed E-state index contributed by atoms with van der Waals surface area (Å²) in [4.78, 5) is 14.1. The van der Waals surface area contributed by atoms with Crippen molar-refractivity contribution in [2.75, 3.05) is 13.7 Å². The topological polar surface area (TPSA) is 61.5 Å². The van der Waals surface area contributed by atoms with Crippen LogP contribution < -0.4 is 9.47 Å². The average Bonchev–Trinajstić information content (AvgIpc) is 3.01. The molecule has 0 radical (unpaired) electrons. The maximum absolute atomic E-state index is 6.52. The summed E-state index contributed by atoms with van der Waals surface area (Å²) in [7, 11) is 1.59. The summed E-state index contributed by atoms with van der Waals surface area (Å²) in [6.07, 6.45) is 0. The molecule has 0 aliphatic heterocycles. The number of aryl methyl sites for hydroxylation is 2. The zero-order valence-corrected chi connectivity index (χ0v) is 16.3. The minimum Gasteiger partial charge on any atom is -0.494 e. The van der Waals surface area contributed by atoms with Crippen molar-refractivity contribution in [3.63, 3.8) is 0 Å². The molecule has 0 unspecified atom stereocenters. The van der Waals surface area contributed by atoms with Gasteiger partial charge in [-0.1, -0.05) is 11.6 Å². The van der Waals surface area contributed by atoms with Crippen molar-refractivity contribution in [3.05, 3.63) is 46.7 Å². The second-order valence-electron chi connectivity index (χ2n) is 6.17. The van der Waals surface area contributed by atoms with Crippen LogP contribution in [0.25, 0.3) is 28.1 Å². The van der Waals surface area contributed by atoms with Gasteiger partial charge in [0.1, 0.15) is 17.1 Å². The number of hydrogen-bond donors (Lipinski definition) is 0. The molecule has 0 N–H and O–H groups in total. The number of pyridine rings is 1. The van der Waals surface area contributed by atoms with Gasteiger partial charge in [0.05, 0.1) is 35.6 Å². The molecule has 27 heavy (non-hydrogen) atoms. The first kappa shape index (κ1) is 17.5. The summed E-state index contributed by atoms with van der Waals surface area (Å²) < 4.78 is 12.9. The SMILES string of the molecule is CCOc1ccc(Cl)c(-c2nc(C)c3c(C)nc4ccc(OC)nc4n23)c1. The number of imidazole rings is 1. The van der Waals surface area contributed by atoms with E-state index in [4.69, 9.17) is 26.1 Å². The first-order valence-corrected chi connectivity index (χ1v) is 9.04. The normalized spacial score (nSPS) is 11.3. The highest BCUT2D eigenvalue weighted by Crippen LogP contribution is 2.34. The monoisotopic (exact) mass is 382 g/mol. The lowest BCUT2D eigenvalue weighted by atomic mass is 10.2. The second-order valence-corrected chi connectivity index (χ2v) is 6.58. The Kier molecular flexibility index (Phi) is 4.36. The van der Waals surface area contributed by atoms with Crippen molar-refractivity contribution in [2.45, 2.75) is 20.8 Å². The lowest BCUT2D eigenvalue weighted by Gasteiger charge is -2.11. The van der Waals surface area contributed by atoms with Gasteiger partial charge in [0.15, 0.2) is 5.65 Å². The highest BCUT2D eigenvalue weighted by Gasteiger charge is 2.19. The predicted octanol–water partition coefficient (Wildman–Crippen LogP) is 4.62. The smallest absolute Gasteiger partial charge is 0.215 e. The largest absolute Gasteiger partial charge is 0.494 e. The van der Waals surface area contributed by atoms with E-state index >= 15 is 0 Å². The van der Waals surface area contributed by atoms with Crippen LogP contribution in [0.1, 0.15) is 18.3 Å². The lowest BCUT2D eigenvalue weighted by Crippen LogP contribution is -2.01. The Morgan fingerprint density at radius 1 is 1.04 bits per heavy atom. The summed E-state index contributed by atoms with van der Waals surface area (Å²) in [6.45, 7) is 6.45. The van der Waals surface area contributed by atoms with Gasteiger partial charge >= 0.3 is 0 Å². The average molecular weight is 383 g/mol. The Hall–Kier alpha value is -2.86. The van der Waals surface area contributed by atoms with Gasteiger partial charge in [0, 0.05) is 11.6 Å². The van der Waals surface area contributed by atoms with Crippen molar-refractivity contribution < 1.29 is 9.47 Å². The molecule has 0 saturated carbocycles. The van der Waals surface area contributed by atoms with Crippen LogP contribution in [0.15, 0.2) is 30.3 Å². The molecule has 0 saturated heterocycles. The van der Waals surface area contributed by atoms with Crippen molar-refractivity contribution in [3.8, 4) is 23.0 Å². The summed E-state index contributed by atoms with van der Waals surface area (Å²) in [6, 6.07) is 9.27. The number of halogens is 1. The number of fused-ring (bicyclic) bond motifs is 3. The molecule has 1 aromatic carbocycles. The maximum atomic E-state index is 6.52. The number of aromatic nitrogens is 4. The fraction of sp³-hybridized carbons (Fsp3) is 0.250. The lowest BCUT2D eigenvalue weighted by molar-refractivity contribution is 0.340. The quantitative estimate of drug-likeness (QED) is 0.515. The molecule has 4 rings (SSSR count). The standard InChI is InChI=1S/C20H19ClN4O2/c1-5-27-13-6-7-15(21)14(10-13)19-23-12(3)18-11(2)22-16-8-9-17(26-4)24-20(16)25(18)19/h6-10H,5H2,1-4H3. The van der Waals surface area contributed by atoms with Gasteiger partial charge in [-0.3, -0.25) is 4.40 Å². The zero-order valence-electron chi connectivity index (χ0n) is 15.6. The van der Waals surface area contributed by atoms with Gasteiger partial charge < -0.3 is 9.47 Å². The summed E-state index contributed by atoms with van der Waals surface area (Å²) >= 11 is 6.52. The maximum Gasteiger partial charge on any atom is 0.215 e. The Bertz CT molecular complexity index is 1170. The molecule has 4 aromatic rings. The van der Waals surface area contributed by atoms with E-state index in [-0.39, 0.29) is 0 Å². The Balaban J connectivity index is 2.11. The molecule has 7 heteroatoms. The molecule has 0 atom stereocenters. The molecule has 0 aliphatic rings. The highest BCUT2D eigenvalue weighted by molar-refractivity contribution is 6.33. The van der Waals surface area contributed by atoms with E-state index in [0.717, 1.165) is 33.7 Å². The fourth-order valence-corrected chi connectivity index (χ4v) is 3.50. The van der Waals surface area contributed by atoms with Gasteiger partial charge in [0.2, 0.25) is 5.88 Å². The summed E-state index contributed by atoms with van der Waals surface area (Å²) in [5.41, 5.74) is 4.86. The molecular weight excluding hydrogens is 364 g/mol. The molecule has 0 spiro atoms. The van der Waals surface area contributed by atoms with E-state index in [1.807, 2.05) is 49.4 Å². The molecule has 3 aromatic heterocycles. The van der Waals surface area contributed by atoms with Crippen molar-refractivity contribution in [1.82, 2.24) is 19.4 Å². The molecule has 138 valence electrons. The summed E-state index contributed by atoms with van der Waals surface area (Å²) in [5.74, 6) is 1.96. The zero-order chi connectivity index (χ0) is 19.1. The minimum absolute atomic E-state index is 0.515. The van der Waals surface area contributed by atoms with Crippen molar-refractivity contribution in [2.24, 2.45) is 0 Å². The molecule has 3 heterocycles. The number of methoxy groups -OCH3 is 1. The van der Waals surface area contributed by atoms with E-state index in [1.165, 1.54) is 0 Å². The van der Waals surface area contributed by atoms with E-state index in [9.17, 15) is 0 Å². The van der Waals surface area contributed by atoms with E-state index < -0.39 is 0 Å². The first-order valence-electron chi connectivity index (χ1n) is 8.66. The number of ether oxygens (including phenoxy) is 2. The van der Waals surface area contributed by atoms with E-state index in [2.05, 4.69) is 9.97 Å². The van der Waals surface area contributed by atoms with Crippen LogP contribution in [0, 0.1) is 13.8 Å². The number of hydrogen-bond acceptors (Lipinski definition) is 5. The molecule has 6 nitrogen and oxygen atoms in total. The van der Waals surface area contributed by atoms with E-state index in [0.29, 0.717) is 29.0 Å². The molecule has 0 aliphatic carbocycles. The van der Waals surface area contributed by atoms with Crippen LogP contribution in [0.2, 0.25) is 5.02 Å². The van der Waals surface area contributed by atoms with Crippen LogP contribution in [0.4, 0.5) is 0 Å². The molecule has 0 bridgehead atoms. The number of nitrogens with zero attached hydrogens (tertiary/aromatic N) is 4. The Labute approximate surface area is 161 Å². The minimum atomic E-state index is 0.515.